The third-order valence-electron chi connectivity index (χ3n) is 4.90. The van der Waals surface area contributed by atoms with Gasteiger partial charge in [-0.15, -0.1) is 0 Å². The molecule has 32 heavy (non-hydrogen) atoms. The van der Waals surface area contributed by atoms with Crippen molar-refractivity contribution in [1.29, 1.82) is 0 Å². The van der Waals surface area contributed by atoms with Crippen molar-refractivity contribution >= 4 is 38.7 Å². The smallest absolute Gasteiger partial charge is 0.270 e. The molecule has 0 fully saturated rings. The predicted octanol–water partition coefficient (Wildman–Crippen LogP) is 3.13. The lowest BCUT2D eigenvalue weighted by Crippen LogP contribution is -2.37. The predicted molar refractivity (Wildman–Crippen MR) is 123 cm³/mol. The zero-order valence-electron chi connectivity index (χ0n) is 17.5. The Kier molecular flexibility index (Phi) is 6.89. The molecule has 170 valence electrons. The Balaban J connectivity index is 1.97. The Morgan fingerprint density at radius 3 is 2.31 bits per heavy atom. The highest BCUT2D eigenvalue weighted by molar-refractivity contribution is 7.89. The molecule has 11 heteroatoms. The number of rotatable bonds is 9. The van der Waals surface area contributed by atoms with Gasteiger partial charge in [0.1, 0.15) is 16.3 Å². The van der Waals surface area contributed by atoms with E-state index in [1.54, 1.807) is 6.92 Å². The second-order valence-corrected chi connectivity index (χ2v) is 9.06. The molecule has 9 nitrogen and oxygen atoms in total. The number of hydrogen-bond donors (Lipinski definition) is 3. The van der Waals surface area contributed by atoms with Gasteiger partial charge in [0.15, 0.2) is 5.75 Å². The van der Waals surface area contributed by atoms with E-state index < -0.39 is 31.5 Å². The quantitative estimate of drug-likeness (QED) is 0.243. The van der Waals surface area contributed by atoms with E-state index >= 15 is 0 Å². The monoisotopic (exact) mass is 479 g/mol. The van der Waals surface area contributed by atoms with Crippen molar-refractivity contribution in [2.24, 2.45) is 0 Å². The summed E-state index contributed by atoms with van der Waals surface area (Å²) in [5, 5.41) is 16.1. The van der Waals surface area contributed by atoms with Gasteiger partial charge in [0, 0.05) is 12.6 Å². The summed E-state index contributed by atoms with van der Waals surface area (Å²) < 4.78 is 26.3. The van der Waals surface area contributed by atoms with Gasteiger partial charge in [-0.3, -0.25) is 14.4 Å². The molecule has 1 atom stereocenters. The molecule has 3 aromatic rings. The minimum Gasteiger partial charge on any atom is -0.504 e. The minimum atomic E-state index is -4.30. The molecule has 1 unspecified atom stereocenters. The highest BCUT2D eigenvalue weighted by atomic mass is 35.5. The first-order valence-corrected chi connectivity index (χ1v) is 11.4. The zero-order chi connectivity index (χ0) is 23.6. The van der Waals surface area contributed by atoms with Crippen molar-refractivity contribution in [3.8, 4) is 5.75 Å². The standard InChI is InChI=1S/C21H22ClN3O6S/c1-4-25(31-3)32(29,30)21-14(22)10-11-15(18(21)26)24-17-16(19(27)20(17)28)23-12(2)13-8-6-5-7-9-13/h5-12,23-24,26H,4H2,1-3H3. The highest BCUT2D eigenvalue weighted by Crippen LogP contribution is 2.40. The summed E-state index contributed by atoms with van der Waals surface area (Å²) in [7, 11) is -3.13. The second kappa shape index (κ2) is 9.29. The normalized spacial score (nSPS) is 12.8. The lowest BCUT2D eigenvalue weighted by molar-refractivity contribution is -0.0443. The number of sulfonamides is 1. The molecule has 0 aliphatic heterocycles. The van der Waals surface area contributed by atoms with Gasteiger partial charge < -0.3 is 15.7 Å². The van der Waals surface area contributed by atoms with E-state index in [1.165, 1.54) is 19.2 Å². The summed E-state index contributed by atoms with van der Waals surface area (Å²) in [6, 6.07) is 11.6. The first-order chi connectivity index (χ1) is 15.1. The van der Waals surface area contributed by atoms with E-state index in [0.29, 0.717) is 4.47 Å². The number of halogens is 1. The summed E-state index contributed by atoms with van der Waals surface area (Å²) in [5.41, 5.74) is -0.766. The van der Waals surface area contributed by atoms with Gasteiger partial charge in [0.05, 0.1) is 17.8 Å². The van der Waals surface area contributed by atoms with Crippen molar-refractivity contribution in [2.45, 2.75) is 24.8 Å². The van der Waals surface area contributed by atoms with E-state index in [1.807, 2.05) is 37.3 Å². The van der Waals surface area contributed by atoms with Crippen LogP contribution in [-0.4, -0.2) is 31.6 Å². The van der Waals surface area contributed by atoms with Crippen LogP contribution in [0.4, 0.5) is 17.1 Å². The average molecular weight is 480 g/mol. The Labute approximate surface area is 189 Å². The summed E-state index contributed by atoms with van der Waals surface area (Å²) in [4.78, 5) is 28.6. The topological polar surface area (TPSA) is 125 Å². The maximum Gasteiger partial charge on any atom is 0.270 e. The molecule has 0 radical (unpaired) electrons. The molecule has 0 saturated carbocycles. The summed E-state index contributed by atoms with van der Waals surface area (Å²) in [5.74, 6) is -0.705. The number of hydrogen-bond acceptors (Lipinski definition) is 8. The van der Waals surface area contributed by atoms with Gasteiger partial charge in [0.25, 0.3) is 20.9 Å². The summed E-state index contributed by atoms with van der Waals surface area (Å²) in [6.07, 6.45) is 0. The molecule has 0 bridgehead atoms. The number of hydroxylamine groups is 1. The number of benzene rings is 2. The Morgan fingerprint density at radius 1 is 1.09 bits per heavy atom. The number of phenolic OH excluding ortho intramolecular Hbond substituents is 1. The number of phenols is 1. The maximum absolute atomic E-state index is 12.8. The van der Waals surface area contributed by atoms with E-state index in [-0.39, 0.29) is 34.7 Å². The van der Waals surface area contributed by atoms with Gasteiger partial charge in [-0.1, -0.05) is 46.4 Å². The Morgan fingerprint density at radius 2 is 1.72 bits per heavy atom. The average Bonchev–Trinajstić information content (AvgIpc) is 2.78. The van der Waals surface area contributed by atoms with Crippen LogP contribution >= 0.6 is 11.6 Å². The van der Waals surface area contributed by atoms with Crippen LogP contribution in [0.2, 0.25) is 5.02 Å². The molecule has 0 aliphatic rings. The summed E-state index contributed by atoms with van der Waals surface area (Å²) >= 11 is 6.05. The van der Waals surface area contributed by atoms with Gasteiger partial charge >= 0.3 is 0 Å². The lowest BCUT2D eigenvalue weighted by atomic mass is 10.1. The van der Waals surface area contributed by atoms with Crippen LogP contribution in [0.25, 0.3) is 0 Å². The lowest BCUT2D eigenvalue weighted by Gasteiger charge is -2.22. The Hall–Kier alpha value is -2.92. The van der Waals surface area contributed by atoms with Crippen LogP contribution in [0.1, 0.15) is 25.5 Å². The maximum atomic E-state index is 12.8. The van der Waals surface area contributed by atoms with Gasteiger partial charge in [0.2, 0.25) is 0 Å². The first-order valence-electron chi connectivity index (χ1n) is 9.63. The highest BCUT2D eigenvalue weighted by Gasteiger charge is 2.32. The first kappa shape index (κ1) is 23.7. The molecule has 0 aliphatic carbocycles. The van der Waals surface area contributed by atoms with Crippen LogP contribution in [0.5, 0.6) is 5.75 Å². The van der Waals surface area contributed by atoms with E-state index in [0.717, 1.165) is 5.56 Å². The van der Waals surface area contributed by atoms with Crippen molar-refractivity contribution in [3.05, 3.63) is 73.5 Å². The largest absolute Gasteiger partial charge is 0.504 e. The fourth-order valence-corrected chi connectivity index (χ4v) is 5.07. The van der Waals surface area contributed by atoms with Crippen molar-refractivity contribution in [1.82, 2.24) is 4.47 Å². The minimum absolute atomic E-state index is 0.0319. The van der Waals surface area contributed by atoms with Crippen LogP contribution in [0.3, 0.4) is 0 Å². The number of nitrogens with zero attached hydrogens (tertiary/aromatic N) is 1. The molecule has 3 N–H and O–H groups in total. The van der Waals surface area contributed by atoms with Crippen LogP contribution in [0, 0.1) is 0 Å². The van der Waals surface area contributed by atoms with Crippen molar-refractivity contribution in [3.63, 3.8) is 0 Å². The molecule has 0 spiro atoms. The van der Waals surface area contributed by atoms with Crippen LogP contribution in [0.15, 0.2) is 56.9 Å². The molecule has 0 aromatic heterocycles. The van der Waals surface area contributed by atoms with Gasteiger partial charge in [-0.25, -0.2) is 8.42 Å². The van der Waals surface area contributed by atoms with E-state index in [2.05, 4.69) is 10.6 Å². The molecular weight excluding hydrogens is 458 g/mol. The molecule has 0 amide bonds. The van der Waals surface area contributed by atoms with Crippen molar-refractivity contribution in [2.75, 3.05) is 24.3 Å². The third kappa shape index (κ3) is 4.22. The number of nitrogens with one attached hydrogen (secondary N) is 2. The second-order valence-electron chi connectivity index (χ2n) is 6.89. The fourth-order valence-electron chi connectivity index (χ4n) is 3.22. The molecule has 0 saturated heterocycles. The van der Waals surface area contributed by atoms with Gasteiger partial charge in [-0.05, 0) is 31.5 Å². The SMILES string of the molecule is CCN(OC)S(=O)(=O)c1c(Cl)ccc(Nc2c(NC(C)c3ccccc3)c(=O)c2=O)c1O. The van der Waals surface area contributed by atoms with Crippen LogP contribution in [-0.2, 0) is 14.9 Å². The molecular formula is C21H22ClN3O6S. The van der Waals surface area contributed by atoms with E-state index in [4.69, 9.17) is 16.4 Å². The number of anilines is 3. The van der Waals surface area contributed by atoms with Gasteiger partial charge in [-0.2, -0.15) is 0 Å². The fraction of sp³-hybridized carbons (Fsp3) is 0.238. The third-order valence-corrected chi connectivity index (χ3v) is 7.20. The molecule has 3 aromatic carbocycles. The number of aromatic hydroxyl groups is 1. The summed E-state index contributed by atoms with van der Waals surface area (Å²) in [6.45, 7) is 3.34. The van der Waals surface area contributed by atoms with Crippen LogP contribution < -0.4 is 21.5 Å². The van der Waals surface area contributed by atoms with Crippen molar-refractivity contribution < 1.29 is 18.4 Å². The Bertz CT molecular complexity index is 1300. The molecule has 3 rings (SSSR count). The van der Waals surface area contributed by atoms with E-state index in [9.17, 15) is 23.1 Å². The zero-order valence-corrected chi connectivity index (χ0v) is 19.1. The molecule has 0 heterocycles.